The van der Waals surface area contributed by atoms with Gasteiger partial charge >= 0.3 is 0 Å². The number of anilines is 1. The van der Waals surface area contributed by atoms with Crippen LogP contribution in [0, 0.1) is 0 Å². The van der Waals surface area contributed by atoms with E-state index < -0.39 is 0 Å². The van der Waals surface area contributed by atoms with Crippen LogP contribution in [-0.4, -0.2) is 54.8 Å². The number of carbonyl (C=O) groups excluding carboxylic acids is 1. The molecule has 1 amide bonds. The van der Waals surface area contributed by atoms with Gasteiger partial charge in [-0.05, 0) is 37.9 Å². The number of likely N-dealkylation sites (N-methyl/N-ethyl adjacent to an activating group) is 1. The summed E-state index contributed by atoms with van der Waals surface area (Å²) in [6.45, 7) is 2.10. The number of fused-ring (bicyclic) bond motifs is 1. The van der Waals surface area contributed by atoms with Crippen molar-refractivity contribution in [3.8, 4) is 11.5 Å². The quantitative estimate of drug-likeness (QED) is 0.778. The maximum atomic E-state index is 12.1. The van der Waals surface area contributed by atoms with E-state index in [1.807, 2.05) is 37.2 Å². The molecule has 2 heterocycles. The smallest absolute Gasteiger partial charge is 0.270 e. The average Bonchev–Trinajstić information content (AvgIpc) is 3.07. The summed E-state index contributed by atoms with van der Waals surface area (Å²) in [6, 6.07) is 7.32. The number of carbonyl (C=O) groups is 1. The molecule has 0 unspecified atom stereocenters. The first-order valence-electron chi connectivity index (χ1n) is 8.00. The van der Waals surface area contributed by atoms with E-state index in [9.17, 15) is 4.79 Å². The number of nitrogens with one attached hydrogen (secondary N) is 2. The van der Waals surface area contributed by atoms with Gasteiger partial charge in [0, 0.05) is 25.8 Å². The monoisotopic (exact) mass is 343 g/mol. The van der Waals surface area contributed by atoms with Crippen molar-refractivity contribution >= 4 is 11.9 Å². The zero-order valence-electron chi connectivity index (χ0n) is 14.3. The van der Waals surface area contributed by atoms with Crippen LogP contribution in [0.2, 0.25) is 0 Å². The van der Waals surface area contributed by atoms with Gasteiger partial charge in [-0.2, -0.15) is 0 Å². The standard InChI is InChI=1S/C17H21N5O3/c1-22(2)8-7-18-16(23)13-5-6-19-17(21-13)20-10-12-3-4-14-15(9-12)25-11-24-14/h3-6,9H,7-8,10-11H2,1-2H3,(H,18,23)(H,19,20,21). The van der Waals surface area contributed by atoms with Gasteiger partial charge in [0.2, 0.25) is 12.7 Å². The highest BCUT2D eigenvalue weighted by Crippen LogP contribution is 2.32. The second-order valence-corrected chi connectivity index (χ2v) is 5.87. The van der Waals surface area contributed by atoms with Crippen LogP contribution in [-0.2, 0) is 6.54 Å². The molecule has 0 radical (unpaired) electrons. The van der Waals surface area contributed by atoms with E-state index in [0.29, 0.717) is 24.7 Å². The lowest BCUT2D eigenvalue weighted by atomic mass is 10.2. The predicted molar refractivity (Wildman–Crippen MR) is 92.8 cm³/mol. The Morgan fingerprint density at radius 3 is 2.92 bits per heavy atom. The highest BCUT2D eigenvalue weighted by atomic mass is 16.7. The van der Waals surface area contributed by atoms with Crippen LogP contribution in [0.4, 0.5) is 5.95 Å². The van der Waals surface area contributed by atoms with Crippen molar-refractivity contribution in [2.24, 2.45) is 0 Å². The lowest BCUT2D eigenvalue weighted by Gasteiger charge is -2.10. The van der Waals surface area contributed by atoms with Crippen molar-refractivity contribution in [1.29, 1.82) is 0 Å². The Hall–Kier alpha value is -2.87. The van der Waals surface area contributed by atoms with Gasteiger partial charge in [0.15, 0.2) is 11.5 Å². The third kappa shape index (κ3) is 4.57. The maximum absolute atomic E-state index is 12.1. The summed E-state index contributed by atoms with van der Waals surface area (Å²) in [7, 11) is 3.91. The summed E-state index contributed by atoms with van der Waals surface area (Å²) in [5.74, 6) is 1.67. The zero-order chi connectivity index (χ0) is 17.6. The molecule has 2 N–H and O–H groups in total. The lowest BCUT2D eigenvalue weighted by molar-refractivity contribution is 0.0946. The molecule has 0 atom stereocenters. The molecule has 0 aliphatic carbocycles. The van der Waals surface area contributed by atoms with Crippen LogP contribution in [0.5, 0.6) is 11.5 Å². The minimum Gasteiger partial charge on any atom is -0.454 e. The number of benzene rings is 1. The van der Waals surface area contributed by atoms with Crippen molar-refractivity contribution in [3.63, 3.8) is 0 Å². The van der Waals surface area contributed by atoms with E-state index in [-0.39, 0.29) is 12.7 Å². The Morgan fingerprint density at radius 2 is 2.08 bits per heavy atom. The van der Waals surface area contributed by atoms with E-state index in [2.05, 4.69) is 20.6 Å². The van der Waals surface area contributed by atoms with E-state index in [1.165, 1.54) is 0 Å². The van der Waals surface area contributed by atoms with Crippen LogP contribution >= 0.6 is 0 Å². The van der Waals surface area contributed by atoms with Gasteiger partial charge in [-0.1, -0.05) is 6.07 Å². The number of rotatable bonds is 7. The van der Waals surface area contributed by atoms with Crippen molar-refractivity contribution in [3.05, 3.63) is 41.7 Å². The molecule has 0 saturated heterocycles. The molecular formula is C17H21N5O3. The first-order valence-corrected chi connectivity index (χ1v) is 8.00. The molecule has 8 heteroatoms. The number of ether oxygens (including phenoxy) is 2. The fraction of sp³-hybridized carbons (Fsp3) is 0.353. The first-order chi connectivity index (χ1) is 12.1. The second kappa shape index (κ2) is 7.80. The molecule has 1 aromatic carbocycles. The average molecular weight is 343 g/mol. The van der Waals surface area contributed by atoms with Gasteiger partial charge in [0.1, 0.15) is 5.69 Å². The van der Waals surface area contributed by atoms with Crippen LogP contribution in [0.15, 0.2) is 30.5 Å². The molecule has 0 fully saturated rings. The molecule has 1 aliphatic heterocycles. The Bertz CT molecular complexity index is 751. The third-order valence-electron chi connectivity index (χ3n) is 3.62. The minimum atomic E-state index is -0.213. The van der Waals surface area contributed by atoms with Gasteiger partial charge in [0.25, 0.3) is 5.91 Å². The molecule has 0 saturated carbocycles. The SMILES string of the molecule is CN(C)CCNC(=O)c1ccnc(NCc2ccc3c(c2)OCO3)n1. The molecule has 3 rings (SSSR count). The molecule has 132 valence electrons. The van der Waals surface area contributed by atoms with Crippen molar-refractivity contribution < 1.29 is 14.3 Å². The van der Waals surface area contributed by atoms with Crippen molar-refractivity contribution in [1.82, 2.24) is 20.2 Å². The fourth-order valence-electron chi connectivity index (χ4n) is 2.29. The van der Waals surface area contributed by atoms with E-state index >= 15 is 0 Å². The molecule has 1 aromatic heterocycles. The van der Waals surface area contributed by atoms with E-state index in [4.69, 9.17) is 9.47 Å². The summed E-state index contributed by atoms with van der Waals surface area (Å²) in [6.07, 6.45) is 1.57. The van der Waals surface area contributed by atoms with Crippen LogP contribution in [0.1, 0.15) is 16.1 Å². The van der Waals surface area contributed by atoms with Gasteiger partial charge < -0.3 is 25.0 Å². The molecule has 25 heavy (non-hydrogen) atoms. The predicted octanol–water partition coefficient (Wildman–Crippen LogP) is 1.11. The summed E-state index contributed by atoms with van der Waals surface area (Å²) in [5, 5.41) is 5.95. The van der Waals surface area contributed by atoms with E-state index in [0.717, 1.165) is 23.6 Å². The van der Waals surface area contributed by atoms with Crippen molar-refractivity contribution in [2.75, 3.05) is 39.3 Å². The summed E-state index contributed by atoms with van der Waals surface area (Å²) in [5.41, 5.74) is 1.34. The Kier molecular flexibility index (Phi) is 5.30. The molecule has 8 nitrogen and oxygen atoms in total. The Labute approximate surface area is 146 Å². The Morgan fingerprint density at radius 1 is 1.24 bits per heavy atom. The molecule has 0 bridgehead atoms. The summed E-state index contributed by atoms with van der Waals surface area (Å²) in [4.78, 5) is 22.5. The first kappa shape index (κ1) is 17.0. The molecular weight excluding hydrogens is 322 g/mol. The van der Waals surface area contributed by atoms with Crippen LogP contribution in [0.3, 0.4) is 0 Å². The summed E-state index contributed by atoms with van der Waals surface area (Å²) < 4.78 is 10.6. The van der Waals surface area contributed by atoms with Crippen molar-refractivity contribution in [2.45, 2.75) is 6.54 Å². The van der Waals surface area contributed by atoms with Crippen LogP contribution < -0.4 is 20.1 Å². The summed E-state index contributed by atoms with van der Waals surface area (Å²) >= 11 is 0. The van der Waals surface area contributed by atoms with Gasteiger partial charge in [-0.15, -0.1) is 0 Å². The second-order valence-electron chi connectivity index (χ2n) is 5.87. The number of amides is 1. The van der Waals surface area contributed by atoms with E-state index in [1.54, 1.807) is 12.3 Å². The highest BCUT2D eigenvalue weighted by Gasteiger charge is 2.13. The number of hydrogen-bond acceptors (Lipinski definition) is 7. The minimum absolute atomic E-state index is 0.213. The van der Waals surface area contributed by atoms with Gasteiger partial charge in [0.05, 0.1) is 0 Å². The third-order valence-corrected chi connectivity index (χ3v) is 3.62. The molecule has 1 aliphatic rings. The fourth-order valence-corrected chi connectivity index (χ4v) is 2.29. The topological polar surface area (TPSA) is 88.6 Å². The number of aromatic nitrogens is 2. The normalized spacial score (nSPS) is 12.3. The Balaban J connectivity index is 1.57. The maximum Gasteiger partial charge on any atom is 0.270 e. The highest BCUT2D eigenvalue weighted by molar-refractivity contribution is 5.92. The van der Waals surface area contributed by atoms with Gasteiger partial charge in [-0.25, -0.2) is 9.97 Å². The lowest BCUT2D eigenvalue weighted by Crippen LogP contribution is -2.31. The van der Waals surface area contributed by atoms with Crippen LogP contribution in [0.25, 0.3) is 0 Å². The molecule has 0 spiro atoms. The zero-order valence-corrected chi connectivity index (χ0v) is 14.3. The largest absolute Gasteiger partial charge is 0.454 e. The van der Waals surface area contributed by atoms with Gasteiger partial charge in [-0.3, -0.25) is 4.79 Å². The number of hydrogen-bond donors (Lipinski definition) is 2. The molecule has 2 aromatic rings. The number of nitrogens with zero attached hydrogens (tertiary/aromatic N) is 3.